The molecule has 0 amide bonds. The lowest BCUT2D eigenvalue weighted by Crippen LogP contribution is -2.34. The second-order valence-corrected chi connectivity index (χ2v) is 13.7. The van der Waals surface area contributed by atoms with Gasteiger partial charge in [-0.25, -0.2) is 0 Å². The predicted octanol–water partition coefficient (Wildman–Crippen LogP) is 5.67. The number of carbonyl (C=O) groups excluding carboxylic acids is 1. The Morgan fingerprint density at radius 3 is 2.27 bits per heavy atom. The molecular weight excluding hydrogens is 284 g/mol. The van der Waals surface area contributed by atoms with Gasteiger partial charge >= 0.3 is 0 Å². The van der Waals surface area contributed by atoms with Crippen LogP contribution in [0.1, 0.15) is 38.7 Å². The summed E-state index contributed by atoms with van der Waals surface area (Å²) in [6.45, 7) is 13.7. The van der Waals surface area contributed by atoms with Crippen LogP contribution in [0.15, 0.2) is 42.0 Å². The number of ketones is 1. The molecule has 0 N–H and O–H groups in total. The van der Waals surface area contributed by atoms with E-state index in [0.717, 1.165) is 6.42 Å². The fraction of sp³-hybridized carbons (Fsp3) is 0.550. The predicted molar refractivity (Wildman–Crippen MR) is 98.0 cm³/mol. The third-order valence-electron chi connectivity index (χ3n) is 5.46. The fourth-order valence-corrected chi connectivity index (χ4v) is 5.09. The molecule has 1 aliphatic rings. The molecule has 1 aromatic carbocycles. The van der Waals surface area contributed by atoms with Crippen molar-refractivity contribution in [2.24, 2.45) is 11.8 Å². The Morgan fingerprint density at radius 2 is 1.77 bits per heavy atom. The first-order valence-corrected chi connectivity index (χ1v) is 12.1. The number of benzene rings is 1. The van der Waals surface area contributed by atoms with Gasteiger partial charge in [0.2, 0.25) is 0 Å². The molecule has 1 aromatic rings. The molecule has 2 unspecified atom stereocenters. The molecule has 120 valence electrons. The second-order valence-electron chi connectivity index (χ2n) is 8.08. The van der Waals surface area contributed by atoms with Gasteiger partial charge in [-0.1, -0.05) is 75.5 Å². The van der Waals surface area contributed by atoms with Crippen LogP contribution < -0.4 is 0 Å². The summed E-state index contributed by atoms with van der Waals surface area (Å²) in [5.74, 6) is 1.13. The van der Waals surface area contributed by atoms with Gasteiger partial charge in [0, 0.05) is 11.8 Å². The monoisotopic (exact) mass is 314 g/mol. The molecule has 0 aliphatic heterocycles. The van der Waals surface area contributed by atoms with Crippen LogP contribution in [-0.2, 0) is 4.79 Å². The third kappa shape index (κ3) is 3.60. The van der Waals surface area contributed by atoms with Gasteiger partial charge in [0.15, 0.2) is 0 Å². The average Bonchev–Trinajstić information content (AvgIpc) is 2.45. The van der Waals surface area contributed by atoms with E-state index in [1.54, 1.807) is 12.5 Å². The summed E-state index contributed by atoms with van der Waals surface area (Å²) >= 11 is 0. The number of hydrogen-bond acceptors (Lipinski definition) is 1. The van der Waals surface area contributed by atoms with Crippen LogP contribution in [0.3, 0.4) is 0 Å². The summed E-state index contributed by atoms with van der Waals surface area (Å²) in [4.78, 5) is 12.2. The molecule has 0 spiro atoms. The molecule has 0 aromatic heterocycles. The molecule has 4 atom stereocenters. The van der Waals surface area contributed by atoms with E-state index in [-0.39, 0.29) is 11.8 Å². The second kappa shape index (κ2) is 6.53. The van der Waals surface area contributed by atoms with Crippen molar-refractivity contribution in [3.8, 4) is 0 Å². The van der Waals surface area contributed by atoms with Crippen LogP contribution >= 0.6 is 0 Å². The van der Waals surface area contributed by atoms with Crippen molar-refractivity contribution < 1.29 is 4.79 Å². The number of carbonyl (C=O) groups is 1. The highest BCUT2D eigenvalue weighted by Crippen LogP contribution is 2.45. The van der Waals surface area contributed by atoms with Gasteiger partial charge in [-0.15, -0.1) is 0 Å². The highest BCUT2D eigenvalue weighted by atomic mass is 28.3. The zero-order valence-corrected chi connectivity index (χ0v) is 15.9. The van der Waals surface area contributed by atoms with Crippen LogP contribution in [0.5, 0.6) is 0 Å². The van der Waals surface area contributed by atoms with Gasteiger partial charge in [-0.3, -0.25) is 4.79 Å². The zero-order valence-electron chi connectivity index (χ0n) is 14.9. The summed E-state index contributed by atoms with van der Waals surface area (Å²) in [7, 11) is -1.21. The lowest BCUT2D eigenvalue weighted by molar-refractivity contribution is -0.122. The van der Waals surface area contributed by atoms with Crippen LogP contribution in [-0.4, -0.2) is 13.9 Å². The van der Waals surface area contributed by atoms with E-state index in [1.165, 1.54) is 5.56 Å². The maximum absolute atomic E-state index is 12.2. The molecule has 0 saturated carbocycles. The fourth-order valence-electron chi connectivity index (χ4n) is 3.76. The van der Waals surface area contributed by atoms with Gasteiger partial charge in [0.25, 0.3) is 0 Å². The van der Waals surface area contributed by atoms with Crippen LogP contribution in [0, 0.1) is 11.8 Å². The Bertz CT molecular complexity index is 553. The third-order valence-corrected chi connectivity index (χ3v) is 8.43. The average molecular weight is 315 g/mol. The molecule has 0 heterocycles. The Hall–Kier alpha value is -1.15. The van der Waals surface area contributed by atoms with Crippen molar-refractivity contribution in [1.82, 2.24) is 0 Å². The summed E-state index contributed by atoms with van der Waals surface area (Å²) in [5.41, 5.74) is 3.54. The smallest absolute Gasteiger partial charge is 0.134 e. The van der Waals surface area contributed by atoms with Crippen molar-refractivity contribution in [2.45, 2.75) is 58.3 Å². The molecule has 2 heteroatoms. The first kappa shape index (κ1) is 17.2. The SMILES string of the molecule is CC(=O)[C@H]1C(C)CC(C(C)[Si](C)(C)C)=C[C@H]1c1ccccc1. The first-order chi connectivity index (χ1) is 10.2. The lowest BCUT2D eigenvalue weighted by Gasteiger charge is -2.38. The van der Waals surface area contributed by atoms with Gasteiger partial charge in [0.05, 0.1) is 8.07 Å². The topological polar surface area (TPSA) is 17.1 Å². The minimum Gasteiger partial charge on any atom is -0.300 e. The minimum absolute atomic E-state index is 0.125. The molecule has 2 rings (SSSR count). The molecule has 1 nitrogen and oxygen atoms in total. The standard InChI is InChI=1S/C20H30OSi/c1-14-12-18(16(3)22(4,5)6)13-19(20(14)15(2)21)17-10-8-7-9-11-17/h7-11,13-14,16,19-20H,12H2,1-6H3/t14?,16?,19-,20+/m0/s1. The van der Waals surface area contributed by atoms with E-state index < -0.39 is 8.07 Å². The van der Waals surface area contributed by atoms with Crippen molar-refractivity contribution in [2.75, 3.05) is 0 Å². The van der Waals surface area contributed by atoms with Crippen molar-refractivity contribution >= 4 is 13.9 Å². The normalized spacial score (nSPS) is 27.2. The molecule has 1 aliphatic carbocycles. The number of hydrogen-bond donors (Lipinski definition) is 0. The molecule has 0 bridgehead atoms. The Kier molecular flexibility index (Phi) is 5.11. The molecule has 0 radical (unpaired) electrons. The molecule has 22 heavy (non-hydrogen) atoms. The highest BCUT2D eigenvalue weighted by molar-refractivity contribution is 6.78. The summed E-state index contributed by atoms with van der Waals surface area (Å²) in [5, 5.41) is 0. The van der Waals surface area contributed by atoms with E-state index in [4.69, 9.17) is 0 Å². The number of rotatable bonds is 4. The van der Waals surface area contributed by atoms with Gasteiger partial charge < -0.3 is 0 Å². The summed E-state index contributed by atoms with van der Waals surface area (Å²) < 4.78 is 0. The Morgan fingerprint density at radius 1 is 1.18 bits per heavy atom. The first-order valence-electron chi connectivity index (χ1n) is 8.47. The van der Waals surface area contributed by atoms with E-state index in [1.807, 2.05) is 6.07 Å². The van der Waals surface area contributed by atoms with Crippen molar-refractivity contribution in [3.63, 3.8) is 0 Å². The number of Topliss-reactive ketones (excluding diaryl/α,β-unsaturated/α-hetero) is 1. The maximum atomic E-state index is 12.2. The zero-order chi connectivity index (χ0) is 16.5. The molecule has 0 saturated heterocycles. The van der Waals surface area contributed by atoms with Crippen LogP contribution in [0.4, 0.5) is 0 Å². The quantitative estimate of drug-likeness (QED) is 0.517. The summed E-state index contributed by atoms with van der Waals surface area (Å²) in [6.07, 6.45) is 3.52. The number of allylic oxidation sites excluding steroid dienone is 2. The van der Waals surface area contributed by atoms with Crippen molar-refractivity contribution in [1.29, 1.82) is 0 Å². The van der Waals surface area contributed by atoms with E-state index in [9.17, 15) is 4.79 Å². The van der Waals surface area contributed by atoms with E-state index in [2.05, 4.69) is 63.8 Å². The molecule has 0 fully saturated rings. The minimum atomic E-state index is -1.21. The summed E-state index contributed by atoms with van der Waals surface area (Å²) in [6, 6.07) is 10.6. The largest absolute Gasteiger partial charge is 0.300 e. The van der Waals surface area contributed by atoms with Crippen LogP contribution in [0.25, 0.3) is 0 Å². The van der Waals surface area contributed by atoms with Gasteiger partial charge in [0.1, 0.15) is 5.78 Å². The van der Waals surface area contributed by atoms with E-state index in [0.29, 0.717) is 17.2 Å². The van der Waals surface area contributed by atoms with E-state index >= 15 is 0 Å². The lowest BCUT2D eigenvalue weighted by atomic mass is 9.69. The van der Waals surface area contributed by atoms with Crippen molar-refractivity contribution in [3.05, 3.63) is 47.5 Å². The highest BCUT2D eigenvalue weighted by Gasteiger charge is 2.37. The van der Waals surface area contributed by atoms with Gasteiger partial charge in [-0.2, -0.15) is 0 Å². The molecular formula is C20H30OSi. The maximum Gasteiger partial charge on any atom is 0.134 e. The Balaban J connectivity index is 2.45. The van der Waals surface area contributed by atoms with Gasteiger partial charge in [-0.05, 0) is 30.4 Å². The van der Waals surface area contributed by atoms with Crippen LogP contribution in [0.2, 0.25) is 25.2 Å². The Labute approximate surface area is 136 Å².